The maximum absolute atomic E-state index is 13.7. The summed E-state index contributed by atoms with van der Waals surface area (Å²) >= 11 is 0. The Morgan fingerprint density at radius 1 is 1.06 bits per heavy atom. The van der Waals surface area contributed by atoms with Crippen molar-refractivity contribution in [1.29, 1.82) is 0 Å². The highest BCUT2D eigenvalue weighted by Gasteiger charge is 2.34. The van der Waals surface area contributed by atoms with Crippen LogP contribution in [0.3, 0.4) is 0 Å². The SMILES string of the molecule is CCCN(Cc1ccc(OC)cc1OC)C(=O)c1[nH]ccc1-c1ccc(F)c(C(F)(F)F)c1. The third-order valence-electron chi connectivity index (χ3n) is 5.18. The number of H-pyrrole nitrogens is 1. The summed E-state index contributed by atoms with van der Waals surface area (Å²) in [5, 5.41) is 0. The highest BCUT2D eigenvalue weighted by atomic mass is 19.4. The van der Waals surface area contributed by atoms with Crippen molar-refractivity contribution in [2.45, 2.75) is 26.1 Å². The van der Waals surface area contributed by atoms with Crippen LogP contribution in [-0.2, 0) is 12.7 Å². The summed E-state index contributed by atoms with van der Waals surface area (Å²) in [7, 11) is 3.05. The Balaban J connectivity index is 1.96. The molecular weight excluding hydrogens is 440 g/mol. The monoisotopic (exact) mass is 464 g/mol. The van der Waals surface area contributed by atoms with Crippen LogP contribution in [-0.4, -0.2) is 36.6 Å². The van der Waals surface area contributed by atoms with Gasteiger partial charge in [0.15, 0.2) is 0 Å². The summed E-state index contributed by atoms with van der Waals surface area (Å²) in [6.07, 6.45) is -2.72. The molecule has 0 saturated carbocycles. The van der Waals surface area contributed by atoms with Gasteiger partial charge >= 0.3 is 6.18 Å². The van der Waals surface area contributed by atoms with E-state index in [0.717, 1.165) is 11.6 Å². The molecule has 1 aromatic heterocycles. The summed E-state index contributed by atoms with van der Waals surface area (Å²) in [6.45, 7) is 2.54. The normalized spacial score (nSPS) is 11.4. The van der Waals surface area contributed by atoms with Gasteiger partial charge in [-0.1, -0.05) is 13.0 Å². The number of alkyl halides is 3. The largest absolute Gasteiger partial charge is 0.497 e. The minimum absolute atomic E-state index is 0.0896. The molecule has 0 aliphatic carbocycles. The Labute approximate surface area is 188 Å². The minimum atomic E-state index is -4.85. The van der Waals surface area contributed by atoms with Crippen molar-refractivity contribution in [1.82, 2.24) is 9.88 Å². The first-order chi connectivity index (χ1) is 15.7. The fourth-order valence-corrected chi connectivity index (χ4v) is 3.57. The second-order valence-corrected chi connectivity index (χ2v) is 7.36. The molecule has 2 aromatic carbocycles. The van der Waals surface area contributed by atoms with Gasteiger partial charge in [-0.05, 0) is 42.3 Å². The number of nitrogens with one attached hydrogen (secondary N) is 1. The van der Waals surface area contributed by atoms with Gasteiger partial charge in [0.05, 0.1) is 19.8 Å². The van der Waals surface area contributed by atoms with E-state index in [-0.39, 0.29) is 23.4 Å². The van der Waals surface area contributed by atoms with E-state index >= 15 is 0 Å². The van der Waals surface area contributed by atoms with Gasteiger partial charge < -0.3 is 19.4 Å². The average Bonchev–Trinajstić information content (AvgIpc) is 3.28. The highest BCUT2D eigenvalue weighted by Crippen LogP contribution is 2.35. The number of rotatable bonds is 8. The molecular formula is C24H24F4N2O3. The number of carbonyl (C=O) groups is 1. The molecule has 0 unspecified atom stereocenters. The number of halogens is 4. The molecule has 0 fully saturated rings. The van der Waals surface area contributed by atoms with Crippen molar-refractivity contribution in [2.24, 2.45) is 0 Å². The second-order valence-electron chi connectivity index (χ2n) is 7.36. The fraction of sp³-hybridized carbons (Fsp3) is 0.292. The van der Waals surface area contributed by atoms with Crippen LogP contribution in [0.2, 0.25) is 0 Å². The second kappa shape index (κ2) is 9.97. The molecule has 176 valence electrons. The third kappa shape index (κ3) is 5.30. The van der Waals surface area contributed by atoms with Gasteiger partial charge in [0, 0.05) is 36.5 Å². The summed E-state index contributed by atoms with van der Waals surface area (Å²) < 4.78 is 63.9. The molecule has 0 atom stereocenters. The van der Waals surface area contributed by atoms with Crippen LogP contribution in [0.4, 0.5) is 17.6 Å². The van der Waals surface area contributed by atoms with Gasteiger partial charge in [0.2, 0.25) is 0 Å². The third-order valence-corrected chi connectivity index (χ3v) is 5.18. The molecule has 9 heteroatoms. The van der Waals surface area contributed by atoms with E-state index in [2.05, 4.69) is 4.98 Å². The van der Waals surface area contributed by atoms with E-state index in [1.807, 2.05) is 6.92 Å². The lowest BCUT2D eigenvalue weighted by Crippen LogP contribution is -2.32. The van der Waals surface area contributed by atoms with Crippen molar-refractivity contribution in [3.8, 4) is 22.6 Å². The zero-order chi connectivity index (χ0) is 24.2. The molecule has 0 aliphatic rings. The molecule has 0 radical (unpaired) electrons. The molecule has 3 aromatic rings. The van der Waals surface area contributed by atoms with Gasteiger partial charge in [-0.3, -0.25) is 4.79 Å². The van der Waals surface area contributed by atoms with E-state index in [4.69, 9.17) is 9.47 Å². The predicted molar refractivity (Wildman–Crippen MR) is 116 cm³/mol. The van der Waals surface area contributed by atoms with Crippen LogP contribution in [0, 0.1) is 5.82 Å². The van der Waals surface area contributed by atoms with Gasteiger partial charge in [0.1, 0.15) is 23.0 Å². The molecule has 3 rings (SSSR count). The van der Waals surface area contributed by atoms with Crippen molar-refractivity contribution in [3.63, 3.8) is 0 Å². The van der Waals surface area contributed by atoms with Crippen molar-refractivity contribution < 1.29 is 31.8 Å². The number of methoxy groups -OCH3 is 2. The molecule has 0 bridgehead atoms. The van der Waals surface area contributed by atoms with E-state index in [1.54, 1.807) is 23.1 Å². The highest BCUT2D eigenvalue weighted by molar-refractivity contribution is 5.99. The van der Waals surface area contributed by atoms with Crippen LogP contribution < -0.4 is 9.47 Å². The predicted octanol–water partition coefficient (Wildman–Crippen LogP) is 5.91. The standard InChI is InChI=1S/C24H24F4N2O3/c1-4-11-30(14-16-5-7-17(32-2)13-21(16)33-3)23(31)22-18(9-10-29-22)15-6-8-20(25)19(12-15)24(26,27)28/h5-10,12-13,29H,4,11,14H2,1-3H3. The first-order valence-corrected chi connectivity index (χ1v) is 10.2. The van der Waals surface area contributed by atoms with Crippen LogP contribution in [0.1, 0.15) is 35.0 Å². The lowest BCUT2D eigenvalue weighted by Gasteiger charge is -2.24. The quantitative estimate of drug-likeness (QED) is 0.422. The molecule has 5 nitrogen and oxygen atoms in total. The Bertz CT molecular complexity index is 1130. The Morgan fingerprint density at radius 3 is 2.45 bits per heavy atom. The van der Waals surface area contributed by atoms with Crippen LogP contribution in [0.5, 0.6) is 11.5 Å². The van der Waals surface area contributed by atoms with Crippen molar-refractivity contribution >= 4 is 5.91 Å². The van der Waals surface area contributed by atoms with Gasteiger partial charge in [-0.25, -0.2) is 4.39 Å². The summed E-state index contributed by atoms with van der Waals surface area (Å²) in [5.41, 5.74) is -0.168. The minimum Gasteiger partial charge on any atom is -0.497 e. The van der Waals surface area contributed by atoms with Gasteiger partial charge in [-0.2, -0.15) is 13.2 Å². The molecule has 33 heavy (non-hydrogen) atoms. The zero-order valence-corrected chi connectivity index (χ0v) is 18.4. The number of carbonyl (C=O) groups excluding carboxylic acids is 1. The van der Waals surface area contributed by atoms with E-state index in [1.165, 1.54) is 32.5 Å². The van der Waals surface area contributed by atoms with Gasteiger partial charge in [-0.15, -0.1) is 0 Å². The number of aromatic amines is 1. The summed E-state index contributed by atoms with van der Waals surface area (Å²) in [5.74, 6) is -0.614. The number of ether oxygens (including phenoxy) is 2. The number of benzene rings is 2. The average molecular weight is 464 g/mol. The number of hydrogen-bond acceptors (Lipinski definition) is 3. The molecule has 0 spiro atoms. The van der Waals surface area contributed by atoms with Gasteiger partial charge in [0.25, 0.3) is 5.91 Å². The fourth-order valence-electron chi connectivity index (χ4n) is 3.57. The first kappa shape index (κ1) is 24.2. The van der Waals surface area contributed by atoms with Crippen LogP contribution in [0.25, 0.3) is 11.1 Å². The molecule has 1 amide bonds. The van der Waals surface area contributed by atoms with Crippen molar-refractivity contribution in [3.05, 3.63) is 71.3 Å². The number of aromatic nitrogens is 1. The maximum atomic E-state index is 13.7. The Kier molecular flexibility index (Phi) is 7.30. The topological polar surface area (TPSA) is 54.6 Å². The summed E-state index contributed by atoms with van der Waals surface area (Å²) in [4.78, 5) is 17.8. The van der Waals surface area contributed by atoms with Crippen LogP contribution in [0.15, 0.2) is 48.7 Å². The number of nitrogens with zero attached hydrogens (tertiary/aromatic N) is 1. The smallest absolute Gasteiger partial charge is 0.419 e. The first-order valence-electron chi connectivity index (χ1n) is 10.2. The number of amides is 1. The Hall–Kier alpha value is -3.49. The lowest BCUT2D eigenvalue weighted by atomic mass is 10.0. The molecule has 1 N–H and O–H groups in total. The maximum Gasteiger partial charge on any atom is 0.419 e. The zero-order valence-electron chi connectivity index (χ0n) is 18.4. The summed E-state index contributed by atoms with van der Waals surface area (Å²) in [6, 6.07) is 9.45. The number of hydrogen-bond donors (Lipinski definition) is 1. The van der Waals surface area contributed by atoms with Crippen LogP contribution >= 0.6 is 0 Å². The molecule has 0 aliphatic heterocycles. The van der Waals surface area contributed by atoms with E-state index in [9.17, 15) is 22.4 Å². The lowest BCUT2D eigenvalue weighted by molar-refractivity contribution is -0.139. The van der Waals surface area contributed by atoms with E-state index < -0.39 is 23.5 Å². The van der Waals surface area contributed by atoms with E-state index in [0.29, 0.717) is 30.5 Å². The van der Waals surface area contributed by atoms with Crippen molar-refractivity contribution in [2.75, 3.05) is 20.8 Å². The molecule has 0 saturated heterocycles. The molecule has 1 heterocycles. The Morgan fingerprint density at radius 2 is 1.82 bits per heavy atom.